The van der Waals surface area contributed by atoms with Crippen molar-refractivity contribution >= 4 is 0 Å². The molecule has 0 radical (unpaired) electrons. The van der Waals surface area contributed by atoms with Crippen LogP contribution in [-0.2, 0) is 11.2 Å². The highest BCUT2D eigenvalue weighted by molar-refractivity contribution is 5.33. The fourth-order valence-electron chi connectivity index (χ4n) is 2.96. The summed E-state index contributed by atoms with van der Waals surface area (Å²) in [6.45, 7) is 3.85. The van der Waals surface area contributed by atoms with Crippen LogP contribution in [0.4, 0.5) is 0 Å². The molecule has 0 aromatic heterocycles. The molecule has 2 unspecified atom stereocenters. The lowest BCUT2D eigenvalue weighted by Gasteiger charge is -2.32. The van der Waals surface area contributed by atoms with Gasteiger partial charge in [0, 0.05) is 18.6 Å². The van der Waals surface area contributed by atoms with Gasteiger partial charge in [-0.05, 0) is 43.9 Å². The van der Waals surface area contributed by atoms with E-state index >= 15 is 0 Å². The Balaban J connectivity index is 2.07. The number of fused-ring (bicyclic) bond motifs is 1. The Morgan fingerprint density at radius 2 is 2.22 bits per heavy atom. The molecule has 1 N–H and O–H groups in total. The molecule has 0 heterocycles. The number of aryl methyl sites for hydroxylation is 1. The van der Waals surface area contributed by atoms with Gasteiger partial charge in [-0.3, -0.25) is 0 Å². The number of hydrogen-bond donors (Lipinski definition) is 1. The molecule has 1 aliphatic rings. The fraction of sp³-hybridized carbons (Fsp3) is 0.625. The first-order valence-corrected chi connectivity index (χ1v) is 7.19. The van der Waals surface area contributed by atoms with Gasteiger partial charge in [0.15, 0.2) is 0 Å². The molecular formula is C16H25NO. The molecule has 2 heteroatoms. The summed E-state index contributed by atoms with van der Waals surface area (Å²) in [5.74, 6) is 0.608. The third-order valence-electron chi connectivity index (χ3n) is 3.92. The average Bonchev–Trinajstić information content (AvgIpc) is 2.43. The Morgan fingerprint density at radius 1 is 1.39 bits per heavy atom. The van der Waals surface area contributed by atoms with Crippen LogP contribution in [0.25, 0.3) is 0 Å². The van der Waals surface area contributed by atoms with Crippen LogP contribution in [0.15, 0.2) is 24.3 Å². The monoisotopic (exact) mass is 247 g/mol. The van der Waals surface area contributed by atoms with Gasteiger partial charge in [-0.1, -0.05) is 31.2 Å². The zero-order valence-electron chi connectivity index (χ0n) is 11.6. The van der Waals surface area contributed by atoms with E-state index in [4.69, 9.17) is 4.74 Å². The van der Waals surface area contributed by atoms with Crippen molar-refractivity contribution in [2.45, 2.75) is 44.6 Å². The van der Waals surface area contributed by atoms with Crippen LogP contribution < -0.4 is 5.32 Å². The molecule has 0 spiro atoms. The molecule has 0 amide bonds. The number of likely N-dealkylation sites (N-methyl/N-ethyl adjacent to an activating group) is 1. The molecule has 0 fully saturated rings. The predicted octanol–water partition coefficient (Wildman–Crippen LogP) is 3.12. The van der Waals surface area contributed by atoms with E-state index in [0.717, 1.165) is 19.6 Å². The summed E-state index contributed by atoms with van der Waals surface area (Å²) in [6.07, 6.45) is 4.91. The second kappa shape index (κ2) is 6.91. The zero-order valence-corrected chi connectivity index (χ0v) is 11.6. The summed E-state index contributed by atoms with van der Waals surface area (Å²) in [5.41, 5.74) is 3.06. The third-order valence-corrected chi connectivity index (χ3v) is 3.92. The molecular weight excluding hydrogens is 222 g/mol. The molecule has 18 heavy (non-hydrogen) atoms. The van der Waals surface area contributed by atoms with Crippen LogP contribution in [0.2, 0.25) is 0 Å². The summed E-state index contributed by atoms with van der Waals surface area (Å²) >= 11 is 0. The third kappa shape index (κ3) is 3.12. The lowest BCUT2D eigenvalue weighted by molar-refractivity contribution is 0.104. The van der Waals surface area contributed by atoms with E-state index in [2.05, 4.69) is 43.6 Å². The normalized spacial score (nSPS) is 20.4. The lowest BCUT2D eigenvalue weighted by atomic mass is 9.79. The molecule has 0 saturated carbocycles. The highest BCUT2D eigenvalue weighted by atomic mass is 16.5. The smallest absolute Gasteiger partial charge is 0.0625 e. The van der Waals surface area contributed by atoms with Crippen LogP contribution >= 0.6 is 0 Å². The van der Waals surface area contributed by atoms with Gasteiger partial charge in [0.25, 0.3) is 0 Å². The van der Waals surface area contributed by atoms with Crippen molar-refractivity contribution in [2.24, 2.45) is 0 Å². The van der Waals surface area contributed by atoms with Gasteiger partial charge >= 0.3 is 0 Å². The first kappa shape index (κ1) is 13.6. The van der Waals surface area contributed by atoms with Crippen LogP contribution in [0.5, 0.6) is 0 Å². The van der Waals surface area contributed by atoms with Crippen molar-refractivity contribution in [3.63, 3.8) is 0 Å². The molecule has 100 valence electrons. The molecule has 1 aliphatic carbocycles. The van der Waals surface area contributed by atoms with E-state index in [0.29, 0.717) is 12.0 Å². The van der Waals surface area contributed by atoms with Gasteiger partial charge in [0.2, 0.25) is 0 Å². The van der Waals surface area contributed by atoms with Gasteiger partial charge < -0.3 is 10.1 Å². The highest BCUT2D eigenvalue weighted by Gasteiger charge is 2.26. The standard InChI is InChI=1S/C16H25NO/c1-3-11-18-12-16(17-2)15-10-6-8-13-7-4-5-9-14(13)15/h4-5,7,9,15-17H,3,6,8,10-12H2,1-2H3. The van der Waals surface area contributed by atoms with Crippen LogP contribution in [0, 0.1) is 0 Å². The van der Waals surface area contributed by atoms with E-state index in [1.165, 1.54) is 30.4 Å². The Labute approximate surface area is 111 Å². The summed E-state index contributed by atoms with van der Waals surface area (Å²) in [4.78, 5) is 0. The summed E-state index contributed by atoms with van der Waals surface area (Å²) in [5, 5.41) is 3.45. The maximum Gasteiger partial charge on any atom is 0.0625 e. The first-order valence-electron chi connectivity index (χ1n) is 7.19. The van der Waals surface area contributed by atoms with E-state index in [-0.39, 0.29) is 0 Å². The van der Waals surface area contributed by atoms with E-state index in [1.807, 2.05) is 0 Å². The minimum atomic E-state index is 0.443. The number of hydrogen-bond acceptors (Lipinski definition) is 2. The Hall–Kier alpha value is -0.860. The van der Waals surface area contributed by atoms with Crippen molar-refractivity contribution in [1.29, 1.82) is 0 Å². The molecule has 0 saturated heterocycles. The second-order valence-electron chi connectivity index (χ2n) is 5.17. The second-order valence-corrected chi connectivity index (χ2v) is 5.17. The van der Waals surface area contributed by atoms with Gasteiger partial charge in [-0.25, -0.2) is 0 Å². The van der Waals surface area contributed by atoms with Crippen molar-refractivity contribution in [3.8, 4) is 0 Å². The van der Waals surface area contributed by atoms with Gasteiger partial charge in [0.05, 0.1) is 6.61 Å². The summed E-state index contributed by atoms with van der Waals surface area (Å²) < 4.78 is 5.74. The first-order chi connectivity index (χ1) is 8.86. The number of rotatable bonds is 6. The number of nitrogens with one attached hydrogen (secondary N) is 1. The van der Waals surface area contributed by atoms with Crippen molar-refractivity contribution in [3.05, 3.63) is 35.4 Å². The van der Waals surface area contributed by atoms with E-state index in [9.17, 15) is 0 Å². The number of ether oxygens (including phenoxy) is 1. The largest absolute Gasteiger partial charge is 0.380 e. The molecule has 2 rings (SSSR count). The molecule has 0 bridgehead atoms. The van der Waals surface area contributed by atoms with Crippen LogP contribution in [-0.4, -0.2) is 26.3 Å². The maximum absolute atomic E-state index is 5.74. The van der Waals surface area contributed by atoms with Crippen molar-refractivity contribution in [1.82, 2.24) is 5.32 Å². The Morgan fingerprint density at radius 3 is 3.00 bits per heavy atom. The SMILES string of the molecule is CCCOCC(NC)C1CCCc2ccccc21. The summed E-state index contributed by atoms with van der Waals surface area (Å²) in [6, 6.07) is 9.34. The average molecular weight is 247 g/mol. The van der Waals surface area contributed by atoms with Gasteiger partial charge in [-0.2, -0.15) is 0 Å². The predicted molar refractivity (Wildman–Crippen MR) is 76.1 cm³/mol. The molecule has 2 atom stereocenters. The molecule has 2 nitrogen and oxygen atoms in total. The Kier molecular flexibility index (Phi) is 5.21. The van der Waals surface area contributed by atoms with E-state index in [1.54, 1.807) is 0 Å². The minimum absolute atomic E-state index is 0.443. The topological polar surface area (TPSA) is 21.3 Å². The molecule has 1 aromatic carbocycles. The quantitative estimate of drug-likeness (QED) is 0.780. The Bertz CT molecular complexity index is 364. The molecule has 0 aliphatic heterocycles. The van der Waals surface area contributed by atoms with Crippen LogP contribution in [0.1, 0.15) is 43.2 Å². The van der Waals surface area contributed by atoms with Crippen LogP contribution in [0.3, 0.4) is 0 Å². The van der Waals surface area contributed by atoms with E-state index < -0.39 is 0 Å². The van der Waals surface area contributed by atoms with Crippen molar-refractivity contribution in [2.75, 3.05) is 20.3 Å². The minimum Gasteiger partial charge on any atom is -0.380 e. The lowest BCUT2D eigenvalue weighted by Crippen LogP contribution is -2.38. The molecule has 1 aromatic rings. The van der Waals surface area contributed by atoms with Crippen molar-refractivity contribution < 1.29 is 4.74 Å². The maximum atomic E-state index is 5.74. The fourth-order valence-corrected chi connectivity index (χ4v) is 2.96. The van der Waals surface area contributed by atoms with Gasteiger partial charge in [0.1, 0.15) is 0 Å². The van der Waals surface area contributed by atoms with Gasteiger partial charge in [-0.15, -0.1) is 0 Å². The number of benzene rings is 1. The summed E-state index contributed by atoms with van der Waals surface area (Å²) in [7, 11) is 2.05. The highest BCUT2D eigenvalue weighted by Crippen LogP contribution is 2.33. The zero-order chi connectivity index (χ0) is 12.8.